The smallest absolute Gasteiger partial charge is 0.159 e. The van der Waals surface area contributed by atoms with Crippen molar-refractivity contribution in [1.29, 1.82) is 0 Å². The second-order valence-electron chi connectivity index (χ2n) is 20.7. The molecule has 0 spiro atoms. The Hall–Kier alpha value is -9.12. The first-order valence-corrected chi connectivity index (χ1v) is 26.3. The zero-order chi connectivity index (χ0) is 50.4. The highest BCUT2D eigenvalue weighted by Gasteiger charge is 2.48. The molecule has 1 aliphatic carbocycles. The van der Waals surface area contributed by atoms with Gasteiger partial charge in [0.15, 0.2) is 11.2 Å². The van der Waals surface area contributed by atoms with E-state index in [0.717, 1.165) is 83.4 Å². The first kappa shape index (κ1) is 44.6. The highest BCUT2D eigenvalue weighted by Crippen LogP contribution is 2.61. The summed E-state index contributed by atoms with van der Waals surface area (Å²) in [5.74, 6) is 0.602. The van der Waals surface area contributed by atoms with Gasteiger partial charge in [0.1, 0.15) is 11.2 Å². The van der Waals surface area contributed by atoms with Gasteiger partial charge in [-0.05, 0) is 116 Å². The Morgan fingerprint density at radius 3 is 1.27 bits per heavy atom. The van der Waals surface area contributed by atoms with Crippen molar-refractivity contribution in [3.05, 3.63) is 276 Å². The molecular formula is C71H54N2O2. The summed E-state index contributed by atoms with van der Waals surface area (Å²) in [5.41, 5.74) is 18.7. The standard InChI is InChI=1S/C71H54N2O2/c1-45(2)52-33-19-35-56-58-37-21-39-63(69(58)74-67(52)56)72(49-27-13-7-14-28-49)51-41-42-60-61(43-51)71(47-23-9-5-10-24-47,48-25-11-6-12-26-48)62-44-65(54-31-17-18-32-55(54)66(60)62)73(50-29-15-8-16-30-50)64-40-22-38-59-57-36-20-34-53(46(3)4)68(57)75-70(59)64/h5-46H,1-4H3. The van der Waals surface area contributed by atoms with Gasteiger partial charge in [0.05, 0.1) is 22.5 Å². The van der Waals surface area contributed by atoms with Crippen LogP contribution < -0.4 is 9.80 Å². The average molecular weight is 967 g/mol. The summed E-state index contributed by atoms with van der Waals surface area (Å²) in [6.45, 7) is 8.96. The van der Waals surface area contributed by atoms with Gasteiger partial charge >= 0.3 is 0 Å². The number of fused-ring (bicyclic) bond motifs is 11. The molecule has 0 bridgehead atoms. The van der Waals surface area contributed by atoms with E-state index in [2.05, 4.69) is 280 Å². The van der Waals surface area contributed by atoms with Crippen LogP contribution >= 0.6 is 0 Å². The van der Waals surface area contributed by atoms with Crippen LogP contribution in [-0.4, -0.2) is 0 Å². The van der Waals surface area contributed by atoms with Gasteiger partial charge in [0.25, 0.3) is 0 Å². The molecule has 0 saturated heterocycles. The number of nitrogens with zero attached hydrogens (tertiary/aromatic N) is 2. The Labute approximate surface area is 437 Å². The summed E-state index contributed by atoms with van der Waals surface area (Å²) in [7, 11) is 0. The number of benzene rings is 11. The second kappa shape index (κ2) is 17.5. The maximum Gasteiger partial charge on any atom is 0.159 e. The van der Waals surface area contributed by atoms with Crippen molar-refractivity contribution >= 4 is 88.8 Å². The molecule has 0 aliphatic heterocycles. The summed E-state index contributed by atoms with van der Waals surface area (Å²) in [4.78, 5) is 4.83. The fraction of sp³-hybridized carbons (Fsp3) is 0.0986. The molecule has 4 nitrogen and oxygen atoms in total. The van der Waals surface area contributed by atoms with E-state index in [1.807, 2.05) is 0 Å². The van der Waals surface area contributed by atoms with Gasteiger partial charge in [-0.15, -0.1) is 0 Å². The monoisotopic (exact) mass is 966 g/mol. The molecule has 75 heavy (non-hydrogen) atoms. The van der Waals surface area contributed by atoms with Crippen LogP contribution in [0.2, 0.25) is 0 Å². The molecule has 13 aromatic rings. The van der Waals surface area contributed by atoms with Crippen molar-refractivity contribution in [2.24, 2.45) is 0 Å². The van der Waals surface area contributed by atoms with E-state index in [1.165, 1.54) is 49.9 Å². The highest BCUT2D eigenvalue weighted by molar-refractivity contribution is 6.16. The minimum absolute atomic E-state index is 0.298. The lowest BCUT2D eigenvalue weighted by Gasteiger charge is -2.36. The minimum Gasteiger partial charge on any atom is -0.454 e. The van der Waals surface area contributed by atoms with E-state index in [-0.39, 0.29) is 0 Å². The second-order valence-corrected chi connectivity index (χ2v) is 20.7. The Morgan fingerprint density at radius 2 is 0.747 bits per heavy atom. The number of anilines is 6. The molecule has 0 atom stereocenters. The molecule has 4 heteroatoms. The van der Waals surface area contributed by atoms with Crippen molar-refractivity contribution in [2.75, 3.05) is 9.80 Å². The maximum atomic E-state index is 7.15. The summed E-state index contributed by atoms with van der Waals surface area (Å²) < 4.78 is 14.2. The summed E-state index contributed by atoms with van der Waals surface area (Å²) in [6.07, 6.45) is 0. The quantitative estimate of drug-likeness (QED) is 0.137. The highest BCUT2D eigenvalue weighted by atomic mass is 16.3. The van der Waals surface area contributed by atoms with Gasteiger partial charge in [-0.25, -0.2) is 0 Å². The van der Waals surface area contributed by atoms with Crippen LogP contribution in [0.5, 0.6) is 0 Å². The molecular weight excluding hydrogens is 913 g/mol. The van der Waals surface area contributed by atoms with Crippen LogP contribution in [0.4, 0.5) is 34.1 Å². The van der Waals surface area contributed by atoms with Gasteiger partial charge in [-0.1, -0.05) is 216 Å². The first-order valence-electron chi connectivity index (χ1n) is 26.3. The molecule has 0 saturated carbocycles. The Kier molecular flexibility index (Phi) is 10.4. The predicted octanol–water partition coefficient (Wildman–Crippen LogP) is 20.2. The molecule has 2 heterocycles. The lowest BCUT2D eigenvalue weighted by atomic mass is 9.67. The number of hydrogen-bond donors (Lipinski definition) is 0. The van der Waals surface area contributed by atoms with Gasteiger partial charge < -0.3 is 18.6 Å². The van der Waals surface area contributed by atoms with Gasteiger partial charge in [-0.3, -0.25) is 0 Å². The Balaban J connectivity index is 1.08. The number of rotatable bonds is 10. The van der Waals surface area contributed by atoms with Crippen molar-refractivity contribution in [3.63, 3.8) is 0 Å². The molecule has 0 fully saturated rings. The summed E-state index contributed by atoms with van der Waals surface area (Å²) in [6, 6.07) is 88.8. The zero-order valence-electron chi connectivity index (χ0n) is 42.5. The Morgan fingerprint density at radius 1 is 0.320 bits per heavy atom. The average Bonchev–Trinajstić information content (AvgIpc) is 4.18. The maximum absolute atomic E-state index is 7.15. The third-order valence-corrected chi connectivity index (χ3v) is 15.8. The Bertz CT molecular complexity index is 4270. The topological polar surface area (TPSA) is 32.8 Å². The predicted molar refractivity (Wildman–Crippen MR) is 313 cm³/mol. The lowest BCUT2D eigenvalue weighted by molar-refractivity contribution is 0.657. The largest absolute Gasteiger partial charge is 0.454 e. The molecule has 360 valence electrons. The van der Waals surface area contributed by atoms with Crippen LogP contribution in [0.3, 0.4) is 0 Å². The fourth-order valence-corrected chi connectivity index (χ4v) is 12.5. The van der Waals surface area contributed by atoms with Crippen LogP contribution in [-0.2, 0) is 5.41 Å². The summed E-state index contributed by atoms with van der Waals surface area (Å²) in [5, 5.41) is 6.78. The van der Waals surface area contributed by atoms with Crippen LogP contribution in [0.1, 0.15) is 72.9 Å². The van der Waals surface area contributed by atoms with E-state index in [1.54, 1.807) is 0 Å². The van der Waals surface area contributed by atoms with E-state index in [0.29, 0.717) is 11.8 Å². The first-order chi connectivity index (χ1) is 36.9. The van der Waals surface area contributed by atoms with Crippen LogP contribution in [0.25, 0.3) is 65.8 Å². The molecule has 0 N–H and O–H groups in total. The molecule has 0 amide bonds. The third kappa shape index (κ3) is 6.75. The van der Waals surface area contributed by atoms with Crippen molar-refractivity contribution in [1.82, 2.24) is 0 Å². The van der Waals surface area contributed by atoms with Crippen molar-refractivity contribution in [2.45, 2.75) is 44.9 Å². The molecule has 0 unspecified atom stereocenters. The number of para-hydroxylation sites is 6. The van der Waals surface area contributed by atoms with Gasteiger partial charge in [0.2, 0.25) is 0 Å². The lowest BCUT2D eigenvalue weighted by Crippen LogP contribution is -2.29. The van der Waals surface area contributed by atoms with Gasteiger partial charge in [-0.2, -0.15) is 0 Å². The van der Waals surface area contributed by atoms with Crippen molar-refractivity contribution < 1.29 is 8.83 Å². The van der Waals surface area contributed by atoms with Crippen LogP contribution in [0, 0.1) is 0 Å². The third-order valence-electron chi connectivity index (χ3n) is 15.8. The summed E-state index contributed by atoms with van der Waals surface area (Å²) >= 11 is 0. The van der Waals surface area contributed by atoms with E-state index >= 15 is 0 Å². The molecule has 11 aromatic carbocycles. The van der Waals surface area contributed by atoms with E-state index < -0.39 is 5.41 Å². The number of furan rings is 2. The van der Waals surface area contributed by atoms with Gasteiger partial charge in [0, 0.05) is 44.0 Å². The molecule has 14 rings (SSSR count). The minimum atomic E-state index is -0.762. The van der Waals surface area contributed by atoms with Crippen LogP contribution in [0.15, 0.2) is 251 Å². The normalized spacial score (nSPS) is 12.9. The van der Waals surface area contributed by atoms with Crippen molar-refractivity contribution in [3.8, 4) is 11.1 Å². The van der Waals surface area contributed by atoms with E-state index in [9.17, 15) is 0 Å². The fourth-order valence-electron chi connectivity index (χ4n) is 12.5. The SMILES string of the molecule is CC(C)c1cccc2c1oc1c(N(c3ccccc3)c3ccc4c(c3)C(c3ccccc3)(c3ccccc3)c3cc(N(c5ccccc5)c5cccc6c5oc5c(C(C)C)cccc56)c5ccccc5c3-4)cccc12. The molecule has 0 radical (unpaired) electrons. The molecule has 2 aromatic heterocycles. The molecule has 1 aliphatic rings. The van der Waals surface area contributed by atoms with E-state index in [4.69, 9.17) is 8.83 Å². The zero-order valence-corrected chi connectivity index (χ0v) is 42.5. The number of hydrogen-bond acceptors (Lipinski definition) is 4.